The van der Waals surface area contributed by atoms with E-state index in [0.717, 1.165) is 24.8 Å². The highest BCUT2D eigenvalue weighted by Crippen LogP contribution is 2.35. The van der Waals surface area contributed by atoms with Gasteiger partial charge in [-0.15, -0.1) is 0 Å². The van der Waals surface area contributed by atoms with Crippen molar-refractivity contribution < 1.29 is 5.11 Å². The molecule has 0 bridgehead atoms. The summed E-state index contributed by atoms with van der Waals surface area (Å²) in [4.78, 5) is 2.10. The van der Waals surface area contributed by atoms with E-state index in [2.05, 4.69) is 15.9 Å². The Labute approximate surface area is 124 Å². The van der Waals surface area contributed by atoms with Crippen LogP contribution in [0.1, 0.15) is 18.6 Å². The highest BCUT2D eigenvalue weighted by molar-refractivity contribution is 9.10. The average molecular weight is 344 g/mol. The van der Waals surface area contributed by atoms with Gasteiger partial charge in [0.05, 0.1) is 6.10 Å². The van der Waals surface area contributed by atoms with Gasteiger partial charge in [0.25, 0.3) is 0 Å². The molecule has 1 atom stereocenters. The van der Waals surface area contributed by atoms with Gasteiger partial charge in [-0.3, -0.25) is 0 Å². The van der Waals surface area contributed by atoms with Crippen molar-refractivity contribution >= 4 is 39.3 Å². The number of rotatable bonds is 3. The number of aliphatic hydroxyl groups excluding tert-OH is 1. The minimum absolute atomic E-state index is 0.496. The van der Waals surface area contributed by atoms with Crippen molar-refractivity contribution in [1.29, 1.82) is 0 Å². The molecule has 0 fully saturated rings. The van der Waals surface area contributed by atoms with E-state index in [4.69, 9.17) is 11.6 Å². The predicted molar refractivity (Wildman–Crippen MR) is 80.4 cm³/mol. The smallest absolute Gasteiger partial charge is 0.0773 e. The monoisotopic (exact) mass is 342 g/mol. The Morgan fingerprint density at radius 2 is 2.00 bits per heavy atom. The fourth-order valence-corrected chi connectivity index (χ4v) is 3.30. The van der Waals surface area contributed by atoms with Crippen molar-refractivity contribution in [3.8, 4) is 0 Å². The van der Waals surface area contributed by atoms with Gasteiger partial charge in [-0.2, -0.15) is 0 Å². The van der Waals surface area contributed by atoms with Crippen molar-refractivity contribution in [2.45, 2.75) is 22.8 Å². The van der Waals surface area contributed by atoms with Gasteiger partial charge >= 0.3 is 0 Å². The Morgan fingerprint density at radius 3 is 2.67 bits per heavy atom. The van der Waals surface area contributed by atoms with Gasteiger partial charge in [0.2, 0.25) is 0 Å². The van der Waals surface area contributed by atoms with Gasteiger partial charge < -0.3 is 5.11 Å². The summed E-state index contributed by atoms with van der Waals surface area (Å²) in [6.07, 6.45) is -0.496. The number of halogens is 2. The van der Waals surface area contributed by atoms with E-state index in [1.807, 2.05) is 42.5 Å². The molecule has 18 heavy (non-hydrogen) atoms. The summed E-state index contributed by atoms with van der Waals surface area (Å²) >= 11 is 11.0. The van der Waals surface area contributed by atoms with E-state index in [1.165, 1.54) is 0 Å². The molecule has 0 spiro atoms. The number of aliphatic hydroxyl groups is 1. The fourth-order valence-electron chi connectivity index (χ4n) is 1.60. The minimum atomic E-state index is -0.496. The van der Waals surface area contributed by atoms with Crippen LogP contribution < -0.4 is 0 Å². The molecule has 0 saturated heterocycles. The molecule has 0 aliphatic carbocycles. The molecule has 4 heteroatoms. The maximum Gasteiger partial charge on any atom is 0.0773 e. The van der Waals surface area contributed by atoms with E-state index in [-0.39, 0.29) is 0 Å². The molecular formula is C14H12BrClOS. The van der Waals surface area contributed by atoms with Crippen molar-refractivity contribution in [2.75, 3.05) is 0 Å². The average Bonchev–Trinajstić information content (AvgIpc) is 2.31. The number of hydrogen-bond acceptors (Lipinski definition) is 2. The van der Waals surface area contributed by atoms with E-state index in [1.54, 1.807) is 18.7 Å². The maximum absolute atomic E-state index is 9.80. The van der Waals surface area contributed by atoms with Gasteiger partial charge in [-0.1, -0.05) is 45.4 Å². The molecule has 0 aliphatic rings. The van der Waals surface area contributed by atoms with Crippen molar-refractivity contribution in [1.82, 2.24) is 0 Å². The minimum Gasteiger partial charge on any atom is -0.389 e. The molecule has 2 aromatic rings. The van der Waals surface area contributed by atoms with Gasteiger partial charge in [-0.25, -0.2) is 0 Å². The largest absolute Gasteiger partial charge is 0.389 e. The second-order valence-electron chi connectivity index (χ2n) is 3.92. The van der Waals surface area contributed by atoms with Crippen LogP contribution in [0.2, 0.25) is 5.02 Å². The van der Waals surface area contributed by atoms with Crippen molar-refractivity contribution in [3.05, 3.63) is 57.5 Å². The van der Waals surface area contributed by atoms with Crippen LogP contribution in [-0.4, -0.2) is 5.11 Å². The summed E-state index contributed by atoms with van der Waals surface area (Å²) in [6.45, 7) is 1.77. The summed E-state index contributed by atoms with van der Waals surface area (Å²) in [5.41, 5.74) is 0.911. The van der Waals surface area contributed by atoms with Gasteiger partial charge in [0.1, 0.15) is 0 Å². The summed E-state index contributed by atoms with van der Waals surface area (Å²) in [5, 5.41) is 10.5. The van der Waals surface area contributed by atoms with Crippen LogP contribution in [0.4, 0.5) is 0 Å². The number of benzene rings is 2. The topological polar surface area (TPSA) is 20.2 Å². The maximum atomic E-state index is 9.80. The third-order valence-electron chi connectivity index (χ3n) is 2.45. The molecule has 0 amide bonds. The lowest BCUT2D eigenvalue weighted by Gasteiger charge is -2.12. The first-order valence-corrected chi connectivity index (χ1v) is 7.46. The van der Waals surface area contributed by atoms with Gasteiger partial charge in [0, 0.05) is 19.3 Å². The zero-order valence-electron chi connectivity index (χ0n) is 9.73. The molecule has 0 heterocycles. The first-order chi connectivity index (χ1) is 8.56. The van der Waals surface area contributed by atoms with Gasteiger partial charge in [0.15, 0.2) is 0 Å². The zero-order chi connectivity index (χ0) is 13.1. The van der Waals surface area contributed by atoms with Crippen LogP contribution in [0.25, 0.3) is 0 Å². The molecule has 1 nitrogen and oxygen atoms in total. The second kappa shape index (κ2) is 6.11. The van der Waals surface area contributed by atoms with Crippen molar-refractivity contribution in [2.24, 2.45) is 0 Å². The third-order valence-corrected chi connectivity index (χ3v) is 4.26. The highest BCUT2D eigenvalue weighted by atomic mass is 79.9. The van der Waals surface area contributed by atoms with E-state index in [9.17, 15) is 5.11 Å². The molecule has 0 saturated carbocycles. The lowest BCUT2D eigenvalue weighted by atomic mass is 10.1. The first-order valence-electron chi connectivity index (χ1n) is 5.47. The molecule has 2 aromatic carbocycles. The van der Waals surface area contributed by atoms with Gasteiger partial charge in [-0.05, 0) is 48.9 Å². The van der Waals surface area contributed by atoms with Crippen LogP contribution >= 0.6 is 39.3 Å². The quantitative estimate of drug-likeness (QED) is 0.815. The molecule has 94 valence electrons. The summed E-state index contributed by atoms with van der Waals surface area (Å²) < 4.78 is 0.967. The Bertz CT molecular complexity index is 557. The van der Waals surface area contributed by atoms with E-state index < -0.39 is 6.10 Å². The van der Waals surface area contributed by atoms with Crippen LogP contribution in [0.15, 0.2) is 56.7 Å². The van der Waals surface area contributed by atoms with Crippen LogP contribution in [0.5, 0.6) is 0 Å². The summed E-state index contributed by atoms with van der Waals surface area (Å²) in [6, 6.07) is 13.6. The summed E-state index contributed by atoms with van der Waals surface area (Å²) in [5.74, 6) is 0. The zero-order valence-corrected chi connectivity index (χ0v) is 12.9. The Morgan fingerprint density at radius 1 is 1.22 bits per heavy atom. The summed E-state index contributed by atoms with van der Waals surface area (Å²) in [7, 11) is 0. The molecule has 2 rings (SSSR count). The highest BCUT2D eigenvalue weighted by Gasteiger charge is 2.10. The normalized spacial score (nSPS) is 12.4. The molecule has 0 aromatic heterocycles. The third kappa shape index (κ3) is 3.51. The molecule has 1 N–H and O–H groups in total. The van der Waals surface area contributed by atoms with E-state index >= 15 is 0 Å². The Kier molecular flexibility index (Phi) is 4.73. The van der Waals surface area contributed by atoms with Crippen LogP contribution in [0.3, 0.4) is 0 Å². The van der Waals surface area contributed by atoms with Crippen molar-refractivity contribution in [3.63, 3.8) is 0 Å². The molecule has 0 radical (unpaired) electrons. The molecular weight excluding hydrogens is 332 g/mol. The first kappa shape index (κ1) is 13.9. The second-order valence-corrected chi connectivity index (χ2v) is 6.39. The number of hydrogen-bond donors (Lipinski definition) is 1. The fraction of sp³-hybridized carbons (Fsp3) is 0.143. The van der Waals surface area contributed by atoms with E-state index in [0.29, 0.717) is 0 Å². The molecule has 0 aliphatic heterocycles. The SMILES string of the molecule is CC(O)c1cc(Br)ccc1Sc1cccc(Cl)c1. The molecule has 1 unspecified atom stereocenters. The standard InChI is InChI=1S/C14H12BrClOS/c1-9(17)13-7-10(15)5-6-14(13)18-12-4-2-3-11(16)8-12/h2-9,17H,1H3. The Balaban J connectivity index is 2.34. The predicted octanol–water partition coefficient (Wildman–Crippen LogP) is 5.31. The Hall–Kier alpha value is -0.480. The lowest BCUT2D eigenvalue weighted by molar-refractivity contribution is 0.196. The van der Waals surface area contributed by atoms with Crippen LogP contribution in [0, 0.1) is 0 Å². The lowest BCUT2D eigenvalue weighted by Crippen LogP contribution is -1.94. The van der Waals surface area contributed by atoms with Crippen LogP contribution in [-0.2, 0) is 0 Å².